The van der Waals surface area contributed by atoms with Crippen LogP contribution in [0.4, 0.5) is 11.4 Å². The smallest absolute Gasteiger partial charge is 0.436 e. The molecule has 0 aliphatic carbocycles. The number of hydrogen-bond donors (Lipinski definition) is 0. The van der Waals surface area contributed by atoms with Gasteiger partial charge in [-0.1, -0.05) is 309 Å². The van der Waals surface area contributed by atoms with Crippen LogP contribution in [-0.4, -0.2) is 28.3 Å². The molecule has 1 aliphatic rings. The number of oxazole rings is 2. The van der Waals surface area contributed by atoms with E-state index < -0.39 is 0 Å². The molecule has 0 saturated carbocycles. The number of benzene rings is 16. The van der Waals surface area contributed by atoms with Crippen molar-refractivity contribution in [2.24, 2.45) is 0 Å². The minimum absolute atomic E-state index is 0.355. The van der Waals surface area contributed by atoms with E-state index in [0.717, 1.165) is 111 Å². The van der Waals surface area contributed by atoms with E-state index in [2.05, 4.69) is 268 Å². The van der Waals surface area contributed by atoms with Crippen molar-refractivity contribution >= 4 is 79.3 Å². The molecule has 18 aromatic rings. The Kier molecular flexibility index (Phi) is 19.5. The highest BCUT2D eigenvalue weighted by molar-refractivity contribution is 6.62. The monoisotopic (exact) mass is 1460 g/mol. The molecule has 0 amide bonds. The molecule has 1 aliphatic heterocycles. The lowest BCUT2D eigenvalue weighted by molar-refractivity contribution is 0.00578. The third-order valence-electron chi connectivity index (χ3n) is 21.3. The van der Waals surface area contributed by atoms with Crippen LogP contribution in [0.25, 0.3) is 176 Å². The Bertz CT molecular complexity index is 6520. The van der Waals surface area contributed by atoms with Crippen LogP contribution in [0.5, 0.6) is 0 Å². The van der Waals surface area contributed by atoms with E-state index in [1.54, 1.807) is 0 Å². The van der Waals surface area contributed by atoms with Crippen LogP contribution in [-0.2, 0) is 9.31 Å². The standard InChI is InChI=1S/C48H30N2O.C29H26BNO2.C25H16ClNO/c1-49-44-26-24-35(25-27-44)34-12-14-36(15-13-34)40-22-18-37-19-23-41(29-42(37)28-40)43-30-45(38-10-6-3-7-11-38)47-46(31-43)51-48(50-47)39-20-16-33(17-21-39)32-8-4-2-5-9-32;1-28(2)29(3,4)33-30(32-28)26-15-12-23-10-11-24(18-25(23)19-26)22-8-6-20(7-9-22)21-13-16-27(31-5)17-14-21;26-21-15-22(19-9-5-2-6-10-19)24-23(16-21)28-25(27-24)20-13-11-18(12-14-20)17-7-3-1-4-8-17/h2-31H;6-19H,1-4H3;1-16H. The third-order valence-corrected chi connectivity index (χ3v) is 21.5. The van der Waals surface area contributed by atoms with Crippen LogP contribution in [0.1, 0.15) is 27.7 Å². The van der Waals surface area contributed by atoms with Crippen LogP contribution in [0.15, 0.2) is 373 Å². The van der Waals surface area contributed by atoms with Gasteiger partial charge in [-0.05, 0) is 204 Å². The zero-order valence-corrected chi connectivity index (χ0v) is 62.8. The Morgan fingerprint density at radius 3 is 0.955 bits per heavy atom. The van der Waals surface area contributed by atoms with E-state index in [9.17, 15) is 0 Å². The van der Waals surface area contributed by atoms with Gasteiger partial charge >= 0.3 is 7.12 Å². The van der Waals surface area contributed by atoms with Crippen molar-refractivity contribution in [2.75, 3.05) is 0 Å². The molecule has 2 aromatic heterocycles. The Morgan fingerprint density at radius 1 is 0.277 bits per heavy atom. The highest BCUT2D eigenvalue weighted by Gasteiger charge is 2.51. The Balaban J connectivity index is 0.000000129. The zero-order valence-electron chi connectivity index (χ0n) is 62.0. The van der Waals surface area contributed by atoms with Gasteiger partial charge in [0.05, 0.1) is 24.3 Å². The van der Waals surface area contributed by atoms with Crippen molar-refractivity contribution in [1.82, 2.24) is 9.97 Å². The molecule has 10 heteroatoms. The first-order chi connectivity index (χ1) is 54.7. The quantitative estimate of drug-likeness (QED) is 0.0896. The average Bonchev–Trinajstić information content (AvgIpc) is 1.57. The van der Waals surface area contributed by atoms with Gasteiger partial charge < -0.3 is 18.1 Å². The summed E-state index contributed by atoms with van der Waals surface area (Å²) in [5, 5.41) is 5.34. The van der Waals surface area contributed by atoms with Crippen LogP contribution in [0, 0.1) is 13.1 Å². The van der Waals surface area contributed by atoms with E-state index in [-0.39, 0.29) is 18.3 Å². The SMILES string of the molecule is Clc1cc(-c2ccccc2)c2nc(-c3ccc(-c4ccccc4)cc3)oc2c1.[C-]#[N+]c1ccc(-c2ccc(-c3ccc4ccc(-c5cc(-c6ccccc6)c6nc(-c7ccc(-c8ccccc8)cc7)oc6c5)cc4c3)cc2)cc1.[C-]#[N+]c1ccc(-c2ccc(-c3ccc4ccc(B5OC(C)(C)C(C)(C)O5)cc4c3)cc2)cc1. The van der Waals surface area contributed by atoms with Crippen molar-refractivity contribution in [3.63, 3.8) is 0 Å². The van der Waals surface area contributed by atoms with Gasteiger partial charge in [0.1, 0.15) is 11.0 Å². The van der Waals surface area contributed by atoms with E-state index in [4.69, 9.17) is 52.9 Å². The van der Waals surface area contributed by atoms with Gasteiger partial charge in [-0.15, -0.1) is 0 Å². The molecule has 8 nitrogen and oxygen atoms in total. The number of nitrogens with zero attached hydrogens (tertiary/aromatic N) is 4. The van der Waals surface area contributed by atoms with Crippen molar-refractivity contribution < 1.29 is 18.1 Å². The maximum absolute atomic E-state index is 7.21. The molecule has 534 valence electrons. The van der Waals surface area contributed by atoms with Gasteiger partial charge in [0.25, 0.3) is 0 Å². The van der Waals surface area contributed by atoms with E-state index >= 15 is 0 Å². The summed E-state index contributed by atoms with van der Waals surface area (Å²) in [5.41, 5.74) is 26.8. The molecule has 0 radical (unpaired) electrons. The zero-order chi connectivity index (χ0) is 76.3. The second-order valence-electron chi connectivity index (χ2n) is 29.0. The highest BCUT2D eigenvalue weighted by Crippen LogP contribution is 2.42. The first-order valence-electron chi connectivity index (χ1n) is 37.3. The molecule has 0 spiro atoms. The first kappa shape index (κ1) is 71.2. The van der Waals surface area contributed by atoms with Gasteiger partial charge in [0.2, 0.25) is 11.8 Å². The van der Waals surface area contributed by atoms with Crippen LogP contribution >= 0.6 is 11.6 Å². The molecule has 0 N–H and O–H groups in total. The number of hydrogen-bond acceptors (Lipinski definition) is 6. The van der Waals surface area contributed by atoms with Gasteiger partial charge in [0.15, 0.2) is 22.5 Å². The molecule has 3 heterocycles. The molecule has 1 fully saturated rings. The fourth-order valence-electron chi connectivity index (χ4n) is 14.3. The van der Waals surface area contributed by atoms with Crippen molar-refractivity contribution in [3.8, 4) is 123 Å². The van der Waals surface area contributed by atoms with Gasteiger partial charge in [-0.3, -0.25) is 0 Å². The topological polar surface area (TPSA) is 79.2 Å². The molecule has 112 heavy (non-hydrogen) atoms. The van der Waals surface area contributed by atoms with E-state index in [1.807, 2.05) is 133 Å². The summed E-state index contributed by atoms with van der Waals surface area (Å²) in [6.45, 7) is 22.6. The second kappa shape index (κ2) is 30.7. The largest absolute Gasteiger partial charge is 0.494 e. The molecule has 19 rings (SSSR count). The maximum atomic E-state index is 7.21. The van der Waals surface area contributed by atoms with Crippen LogP contribution < -0.4 is 5.46 Å². The summed E-state index contributed by atoms with van der Waals surface area (Å²) in [5.74, 6) is 1.20. The Morgan fingerprint density at radius 2 is 0.571 bits per heavy atom. The Labute approximate surface area is 656 Å². The van der Waals surface area contributed by atoms with Crippen LogP contribution in [0.2, 0.25) is 5.02 Å². The van der Waals surface area contributed by atoms with Gasteiger partial charge in [-0.25, -0.2) is 19.7 Å². The third kappa shape index (κ3) is 15.0. The number of rotatable bonds is 12. The number of halogens is 1. The summed E-state index contributed by atoms with van der Waals surface area (Å²) in [7, 11) is -0.364. The predicted octanol–water partition coefficient (Wildman–Crippen LogP) is 28.0. The predicted molar refractivity (Wildman–Crippen MR) is 463 cm³/mol. The lowest BCUT2D eigenvalue weighted by Gasteiger charge is -2.32. The summed E-state index contributed by atoms with van der Waals surface area (Å²) >= 11 is 6.33. The van der Waals surface area contributed by atoms with Crippen molar-refractivity contribution in [2.45, 2.75) is 38.9 Å². The van der Waals surface area contributed by atoms with Crippen LogP contribution in [0.3, 0.4) is 0 Å². The minimum atomic E-state index is -0.364. The maximum Gasteiger partial charge on any atom is 0.494 e. The van der Waals surface area contributed by atoms with Crippen molar-refractivity contribution in [1.29, 1.82) is 0 Å². The molecule has 1 saturated heterocycles. The summed E-state index contributed by atoms with van der Waals surface area (Å²) in [6.07, 6.45) is 0. The number of fused-ring (bicyclic) bond motifs is 4. The van der Waals surface area contributed by atoms with Gasteiger partial charge in [0, 0.05) is 33.3 Å². The fourth-order valence-corrected chi connectivity index (χ4v) is 14.5. The second-order valence-corrected chi connectivity index (χ2v) is 29.4. The molecular weight excluding hydrogens is 1390 g/mol. The first-order valence-corrected chi connectivity index (χ1v) is 37.7. The fraction of sp³-hybridized carbons (Fsp3) is 0.0588. The van der Waals surface area contributed by atoms with Crippen molar-refractivity contribution in [3.05, 3.63) is 392 Å². The summed E-state index contributed by atoms with van der Waals surface area (Å²) in [4.78, 5) is 16.8. The average molecular weight is 1460 g/mol. The summed E-state index contributed by atoms with van der Waals surface area (Å²) < 4.78 is 25.1. The molecule has 0 bridgehead atoms. The van der Waals surface area contributed by atoms with E-state index in [0.29, 0.717) is 33.8 Å². The Hall–Kier alpha value is -13.8. The molecule has 0 unspecified atom stereocenters. The minimum Gasteiger partial charge on any atom is -0.436 e. The molecular formula is C102H72BClN4O4. The summed E-state index contributed by atoms with van der Waals surface area (Å²) in [6, 6.07) is 125. The molecule has 16 aromatic carbocycles. The lowest BCUT2D eigenvalue weighted by atomic mass is 9.78. The van der Waals surface area contributed by atoms with E-state index in [1.165, 1.54) is 43.8 Å². The normalized spacial score (nSPS) is 12.7. The molecule has 0 atom stereocenters. The number of aromatic nitrogens is 2. The van der Waals surface area contributed by atoms with Gasteiger partial charge in [-0.2, -0.15) is 0 Å². The highest BCUT2D eigenvalue weighted by atomic mass is 35.5. The lowest BCUT2D eigenvalue weighted by Crippen LogP contribution is -2.41.